The number of aromatic nitrogens is 1. The molecule has 1 aromatic heterocycles. The average Bonchev–Trinajstić information content (AvgIpc) is 3.41. The van der Waals surface area contributed by atoms with Crippen LogP contribution in [0.5, 0.6) is 0 Å². The Hall–Kier alpha value is -1.45. The maximum atomic E-state index is 13.1. The van der Waals surface area contributed by atoms with Crippen molar-refractivity contribution in [1.29, 1.82) is 0 Å². The highest BCUT2D eigenvalue weighted by Crippen LogP contribution is 2.40. The van der Waals surface area contributed by atoms with Crippen molar-refractivity contribution in [3.8, 4) is 0 Å². The van der Waals surface area contributed by atoms with Crippen molar-refractivity contribution in [2.75, 3.05) is 19.6 Å². The van der Waals surface area contributed by atoms with Gasteiger partial charge in [0.25, 0.3) is 16.1 Å². The van der Waals surface area contributed by atoms with E-state index in [4.69, 9.17) is 4.52 Å². The standard InChI is InChI=1S/C19H30N4O4S/c1-13-12-23(28(25,26)22-8-4-3-5-9-22)14(2)10-16(13)20-19(24)17-11-18(27-21-17)15-6-7-15/h11,13-16H,3-10,12H2,1-2H3,(H,20,24)/t13-,14-,16+/m1/s1. The highest BCUT2D eigenvalue weighted by molar-refractivity contribution is 7.86. The summed E-state index contributed by atoms with van der Waals surface area (Å²) in [7, 11) is -3.44. The number of hydrogen-bond acceptors (Lipinski definition) is 5. The first-order valence-electron chi connectivity index (χ1n) is 10.4. The van der Waals surface area contributed by atoms with Crippen molar-refractivity contribution in [2.24, 2.45) is 5.92 Å². The monoisotopic (exact) mass is 410 g/mol. The minimum absolute atomic E-state index is 0.0227. The van der Waals surface area contributed by atoms with Gasteiger partial charge in [0.05, 0.1) is 0 Å². The summed E-state index contributed by atoms with van der Waals surface area (Å²) in [6.07, 6.45) is 5.72. The molecular weight excluding hydrogens is 380 g/mol. The highest BCUT2D eigenvalue weighted by Gasteiger charge is 2.41. The summed E-state index contributed by atoms with van der Waals surface area (Å²) in [5.74, 6) is 0.979. The predicted molar refractivity (Wildman–Crippen MR) is 104 cm³/mol. The molecule has 1 aliphatic carbocycles. The Balaban J connectivity index is 1.39. The molecule has 156 valence electrons. The molecule has 1 N–H and O–H groups in total. The van der Waals surface area contributed by atoms with Crippen LogP contribution in [0.1, 0.15) is 74.5 Å². The molecule has 0 bridgehead atoms. The molecule has 3 aliphatic rings. The minimum atomic E-state index is -3.44. The van der Waals surface area contributed by atoms with Crippen LogP contribution in [0.3, 0.4) is 0 Å². The van der Waals surface area contributed by atoms with Crippen molar-refractivity contribution in [3.63, 3.8) is 0 Å². The van der Waals surface area contributed by atoms with Gasteiger partial charge in [0, 0.05) is 43.7 Å². The molecule has 0 unspecified atom stereocenters. The Morgan fingerprint density at radius 2 is 1.93 bits per heavy atom. The number of nitrogens with one attached hydrogen (secondary N) is 1. The highest BCUT2D eigenvalue weighted by atomic mass is 32.2. The van der Waals surface area contributed by atoms with Gasteiger partial charge in [0.2, 0.25) is 0 Å². The zero-order valence-corrected chi connectivity index (χ0v) is 17.5. The average molecular weight is 411 g/mol. The predicted octanol–water partition coefficient (Wildman–Crippen LogP) is 2.11. The molecule has 0 aromatic carbocycles. The van der Waals surface area contributed by atoms with Crippen molar-refractivity contribution >= 4 is 16.1 Å². The molecule has 3 fully saturated rings. The van der Waals surface area contributed by atoms with Crippen LogP contribution in [-0.4, -0.2) is 59.8 Å². The van der Waals surface area contributed by atoms with Crippen LogP contribution in [0.25, 0.3) is 0 Å². The van der Waals surface area contributed by atoms with Crippen molar-refractivity contribution < 1.29 is 17.7 Å². The molecule has 1 amide bonds. The normalized spacial score (nSPS) is 30.3. The van der Waals surface area contributed by atoms with Crippen molar-refractivity contribution in [3.05, 3.63) is 17.5 Å². The maximum absolute atomic E-state index is 13.1. The summed E-state index contributed by atoms with van der Waals surface area (Å²) < 4.78 is 34.6. The lowest BCUT2D eigenvalue weighted by atomic mass is 9.91. The summed E-state index contributed by atoms with van der Waals surface area (Å²) in [6, 6.07) is 1.49. The number of rotatable bonds is 5. The van der Waals surface area contributed by atoms with Crippen molar-refractivity contribution in [2.45, 2.75) is 70.4 Å². The second-order valence-corrected chi connectivity index (χ2v) is 10.4. The molecule has 1 aromatic rings. The number of hydrogen-bond donors (Lipinski definition) is 1. The van der Waals surface area contributed by atoms with Crippen molar-refractivity contribution in [1.82, 2.24) is 19.1 Å². The molecule has 2 aliphatic heterocycles. The van der Waals surface area contributed by atoms with Gasteiger partial charge in [-0.25, -0.2) is 0 Å². The zero-order valence-electron chi connectivity index (χ0n) is 16.6. The molecule has 4 rings (SSSR count). The molecular formula is C19H30N4O4S. The largest absolute Gasteiger partial charge is 0.360 e. The minimum Gasteiger partial charge on any atom is -0.360 e. The van der Waals surface area contributed by atoms with Gasteiger partial charge in [0.15, 0.2) is 5.69 Å². The number of nitrogens with zero attached hydrogens (tertiary/aromatic N) is 3. The van der Waals surface area contributed by atoms with E-state index in [2.05, 4.69) is 10.5 Å². The van der Waals surface area contributed by atoms with Crippen LogP contribution >= 0.6 is 0 Å². The second kappa shape index (κ2) is 7.76. The summed E-state index contributed by atoms with van der Waals surface area (Å²) in [4.78, 5) is 12.6. The lowest BCUT2D eigenvalue weighted by Crippen LogP contribution is -2.58. The first-order chi connectivity index (χ1) is 13.4. The summed E-state index contributed by atoms with van der Waals surface area (Å²) in [6.45, 7) is 5.55. The van der Waals surface area contributed by atoms with Gasteiger partial charge in [-0.3, -0.25) is 4.79 Å². The Kier molecular flexibility index (Phi) is 5.50. The van der Waals surface area contributed by atoms with E-state index < -0.39 is 10.2 Å². The summed E-state index contributed by atoms with van der Waals surface area (Å²) >= 11 is 0. The molecule has 9 heteroatoms. The third-order valence-corrected chi connectivity index (χ3v) is 8.36. The quantitative estimate of drug-likeness (QED) is 0.802. The van der Waals surface area contributed by atoms with Crippen LogP contribution in [0.2, 0.25) is 0 Å². The fraction of sp³-hybridized carbons (Fsp3) is 0.789. The Bertz CT molecular complexity index is 814. The Morgan fingerprint density at radius 3 is 2.61 bits per heavy atom. The Labute approximate surface area is 166 Å². The SMILES string of the molecule is C[C@@H]1CN(S(=O)(=O)N2CCCCC2)[C@H](C)C[C@@H]1NC(=O)c1cc(C2CC2)on1. The lowest BCUT2D eigenvalue weighted by molar-refractivity contribution is 0.0866. The van der Waals surface area contributed by atoms with Crippen LogP contribution < -0.4 is 5.32 Å². The molecule has 0 radical (unpaired) electrons. The first-order valence-corrected chi connectivity index (χ1v) is 11.8. The summed E-state index contributed by atoms with van der Waals surface area (Å²) in [5.41, 5.74) is 0.310. The summed E-state index contributed by atoms with van der Waals surface area (Å²) in [5, 5.41) is 6.95. The van der Waals surface area contributed by atoms with E-state index in [-0.39, 0.29) is 23.9 Å². The van der Waals surface area contributed by atoms with Gasteiger partial charge in [-0.2, -0.15) is 17.0 Å². The third-order valence-electron chi connectivity index (χ3n) is 6.24. The molecule has 8 nitrogen and oxygen atoms in total. The van der Waals surface area contributed by atoms with Gasteiger partial charge in [-0.05, 0) is 44.9 Å². The smallest absolute Gasteiger partial charge is 0.282 e. The topological polar surface area (TPSA) is 95.8 Å². The molecule has 1 saturated carbocycles. The number of carbonyl (C=O) groups excluding carboxylic acids is 1. The van der Waals surface area contributed by atoms with Gasteiger partial charge >= 0.3 is 0 Å². The number of carbonyl (C=O) groups is 1. The number of piperidine rings is 2. The molecule has 2 saturated heterocycles. The molecule has 3 atom stereocenters. The van der Waals surface area contributed by atoms with E-state index >= 15 is 0 Å². The van der Waals surface area contributed by atoms with E-state index in [9.17, 15) is 13.2 Å². The van der Waals surface area contributed by atoms with E-state index in [0.29, 0.717) is 37.7 Å². The third kappa shape index (κ3) is 3.97. The fourth-order valence-electron chi connectivity index (χ4n) is 4.27. The van der Waals surface area contributed by atoms with Crippen LogP contribution in [0.15, 0.2) is 10.6 Å². The van der Waals surface area contributed by atoms with E-state index in [0.717, 1.165) is 37.9 Å². The van der Waals surface area contributed by atoms with Gasteiger partial charge < -0.3 is 9.84 Å². The van der Waals surface area contributed by atoms with Crippen LogP contribution in [0.4, 0.5) is 0 Å². The van der Waals surface area contributed by atoms with Crippen LogP contribution in [-0.2, 0) is 10.2 Å². The second-order valence-electron chi connectivity index (χ2n) is 8.57. The van der Waals surface area contributed by atoms with Gasteiger partial charge in [0.1, 0.15) is 5.76 Å². The lowest BCUT2D eigenvalue weighted by Gasteiger charge is -2.43. The van der Waals surface area contributed by atoms with E-state index in [1.807, 2.05) is 13.8 Å². The van der Waals surface area contributed by atoms with E-state index in [1.54, 1.807) is 14.7 Å². The first kappa shape index (κ1) is 19.8. The zero-order chi connectivity index (χ0) is 19.9. The van der Waals surface area contributed by atoms with Gasteiger partial charge in [-0.15, -0.1) is 0 Å². The van der Waals surface area contributed by atoms with Gasteiger partial charge in [-0.1, -0.05) is 18.5 Å². The van der Waals surface area contributed by atoms with E-state index in [1.165, 1.54) is 0 Å². The molecule has 0 spiro atoms. The molecule has 3 heterocycles. The number of amides is 1. The fourth-order valence-corrected chi connectivity index (χ4v) is 6.25. The Morgan fingerprint density at radius 1 is 1.21 bits per heavy atom. The maximum Gasteiger partial charge on any atom is 0.282 e. The van der Waals surface area contributed by atoms with Crippen LogP contribution in [0, 0.1) is 5.92 Å². The molecule has 28 heavy (non-hydrogen) atoms.